The SMILES string of the molecule is COc1ccccc1NC(=O)N1CCC(CNC(=O)c2cc(C3CC3)on2)CC1. The number of anilines is 1. The molecule has 2 aromatic rings. The smallest absolute Gasteiger partial charge is 0.321 e. The van der Waals surface area contributed by atoms with Gasteiger partial charge in [-0.1, -0.05) is 17.3 Å². The monoisotopic (exact) mass is 398 g/mol. The number of nitrogens with one attached hydrogen (secondary N) is 2. The van der Waals surface area contributed by atoms with Gasteiger partial charge in [-0.3, -0.25) is 4.79 Å². The van der Waals surface area contributed by atoms with Crippen LogP contribution in [0.15, 0.2) is 34.9 Å². The molecule has 1 aliphatic carbocycles. The van der Waals surface area contributed by atoms with Gasteiger partial charge in [0.05, 0.1) is 12.8 Å². The van der Waals surface area contributed by atoms with Crippen LogP contribution in [0.5, 0.6) is 5.75 Å². The molecule has 3 amide bonds. The highest BCUT2D eigenvalue weighted by Gasteiger charge is 2.29. The molecule has 8 nitrogen and oxygen atoms in total. The third kappa shape index (κ3) is 4.70. The van der Waals surface area contributed by atoms with Crippen LogP contribution >= 0.6 is 0 Å². The fraction of sp³-hybridized carbons (Fsp3) is 0.476. The average Bonchev–Trinajstić information content (AvgIpc) is 3.49. The molecule has 4 rings (SSSR count). The number of likely N-dealkylation sites (tertiary alicyclic amines) is 1. The van der Waals surface area contributed by atoms with Gasteiger partial charge in [-0.2, -0.15) is 0 Å². The van der Waals surface area contributed by atoms with E-state index in [0.717, 1.165) is 31.4 Å². The average molecular weight is 398 g/mol. The molecule has 1 aliphatic heterocycles. The Morgan fingerprint density at radius 2 is 1.97 bits per heavy atom. The summed E-state index contributed by atoms with van der Waals surface area (Å²) in [7, 11) is 1.58. The minimum absolute atomic E-state index is 0.132. The highest BCUT2D eigenvalue weighted by Crippen LogP contribution is 2.40. The molecule has 1 aromatic carbocycles. The van der Waals surface area contributed by atoms with Crippen molar-refractivity contribution in [1.82, 2.24) is 15.4 Å². The topological polar surface area (TPSA) is 96.7 Å². The second-order valence-corrected chi connectivity index (χ2v) is 7.66. The summed E-state index contributed by atoms with van der Waals surface area (Å²) in [6.07, 6.45) is 3.90. The maximum absolute atomic E-state index is 12.5. The minimum Gasteiger partial charge on any atom is -0.495 e. The summed E-state index contributed by atoms with van der Waals surface area (Å²) in [6.45, 7) is 1.88. The molecule has 1 saturated heterocycles. The van der Waals surface area contributed by atoms with Gasteiger partial charge in [-0.15, -0.1) is 0 Å². The fourth-order valence-electron chi connectivity index (χ4n) is 3.57. The Kier molecular flexibility index (Phi) is 5.69. The number of hydrogen-bond donors (Lipinski definition) is 2. The van der Waals surface area contributed by atoms with Crippen LogP contribution in [0.3, 0.4) is 0 Å². The van der Waals surface area contributed by atoms with E-state index in [1.165, 1.54) is 0 Å². The number of piperidine rings is 1. The van der Waals surface area contributed by atoms with Gasteiger partial charge in [0.2, 0.25) is 0 Å². The number of carbonyl (C=O) groups is 2. The summed E-state index contributed by atoms with van der Waals surface area (Å²) < 4.78 is 10.5. The molecule has 2 fully saturated rings. The first kappa shape index (κ1) is 19.3. The van der Waals surface area contributed by atoms with E-state index in [1.807, 2.05) is 24.3 Å². The molecule has 0 radical (unpaired) electrons. The summed E-state index contributed by atoms with van der Waals surface area (Å²) in [6, 6.07) is 8.96. The fourth-order valence-corrected chi connectivity index (χ4v) is 3.57. The number of aromatic nitrogens is 1. The Morgan fingerprint density at radius 1 is 1.21 bits per heavy atom. The van der Waals surface area contributed by atoms with E-state index in [0.29, 0.717) is 48.6 Å². The van der Waals surface area contributed by atoms with Crippen molar-refractivity contribution in [2.75, 3.05) is 32.1 Å². The summed E-state index contributed by atoms with van der Waals surface area (Å²) in [5, 5.41) is 9.72. The van der Waals surface area contributed by atoms with Gasteiger partial charge >= 0.3 is 6.03 Å². The van der Waals surface area contributed by atoms with E-state index in [9.17, 15) is 9.59 Å². The van der Waals surface area contributed by atoms with Crippen LogP contribution in [0, 0.1) is 5.92 Å². The van der Waals surface area contributed by atoms with Gasteiger partial charge in [-0.25, -0.2) is 4.79 Å². The van der Waals surface area contributed by atoms with E-state index in [1.54, 1.807) is 18.1 Å². The van der Waals surface area contributed by atoms with Crippen LogP contribution in [0.2, 0.25) is 0 Å². The Hall–Kier alpha value is -3.03. The lowest BCUT2D eigenvalue weighted by Crippen LogP contribution is -2.43. The molecule has 2 heterocycles. The molecule has 0 atom stereocenters. The standard InChI is InChI=1S/C21H26N4O4/c1-28-18-5-3-2-4-16(18)23-21(27)25-10-8-14(9-11-25)13-22-20(26)17-12-19(29-24-17)15-6-7-15/h2-5,12,14-15H,6-11,13H2,1H3,(H,22,26)(H,23,27). The molecule has 1 aromatic heterocycles. The second kappa shape index (κ2) is 8.55. The van der Waals surface area contributed by atoms with Crippen molar-refractivity contribution in [2.24, 2.45) is 5.92 Å². The minimum atomic E-state index is -0.197. The van der Waals surface area contributed by atoms with Crippen molar-refractivity contribution in [2.45, 2.75) is 31.6 Å². The Morgan fingerprint density at radius 3 is 2.69 bits per heavy atom. The van der Waals surface area contributed by atoms with Crippen molar-refractivity contribution in [3.63, 3.8) is 0 Å². The van der Waals surface area contributed by atoms with Crippen LogP contribution in [0.1, 0.15) is 47.8 Å². The number of amides is 3. The van der Waals surface area contributed by atoms with Crippen molar-refractivity contribution < 1.29 is 18.8 Å². The van der Waals surface area contributed by atoms with Crippen LogP contribution in [0.4, 0.5) is 10.5 Å². The number of ether oxygens (including phenoxy) is 1. The third-order valence-electron chi connectivity index (χ3n) is 5.54. The van der Waals surface area contributed by atoms with Crippen LogP contribution < -0.4 is 15.4 Å². The van der Waals surface area contributed by atoms with Crippen LogP contribution in [-0.4, -0.2) is 48.7 Å². The first-order chi connectivity index (χ1) is 14.1. The first-order valence-corrected chi connectivity index (χ1v) is 10.1. The van der Waals surface area contributed by atoms with E-state index >= 15 is 0 Å². The van der Waals surface area contributed by atoms with E-state index in [2.05, 4.69) is 15.8 Å². The molecular weight excluding hydrogens is 372 g/mol. The quantitative estimate of drug-likeness (QED) is 0.779. The maximum Gasteiger partial charge on any atom is 0.321 e. The second-order valence-electron chi connectivity index (χ2n) is 7.66. The van der Waals surface area contributed by atoms with Gasteiger partial charge in [-0.05, 0) is 43.7 Å². The van der Waals surface area contributed by atoms with Crippen molar-refractivity contribution >= 4 is 17.6 Å². The van der Waals surface area contributed by atoms with Crippen molar-refractivity contribution in [3.05, 3.63) is 41.8 Å². The van der Waals surface area contributed by atoms with E-state index < -0.39 is 0 Å². The maximum atomic E-state index is 12.5. The van der Waals surface area contributed by atoms with Crippen LogP contribution in [-0.2, 0) is 0 Å². The lowest BCUT2D eigenvalue weighted by atomic mass is 9.97. The number of carbonyl (C=O) groups excluding carboxylic acids is 2. The number of urea groups is 1. The van der Waals surface area contributed by atoms with Crippen molar-refractivity contribution in [3.8, 4) is 5.75 Å². The molecule has 0 bridgehead atoms. The van der Waals surface area contributed by atoms with Gasteiger partial charge in [0, 0.05) is 31.6 Å². The first-order valence-electron chi connectivity index (χ1n) is 10.1. The molecule has 2 N–H and O–H groups in total. The predicted octanol–water partition coefficient (Wildman–Crippen LogP) is 3.23. The normalized spacial score (nSPS) is 17.1. The molecular formula is C21H26N4O4. The number of benzene rings is 1. The van der Waals surface area contributed by atoms with Gasteiger partial charge < -0.3 is 24.8 Å². The number of nitrogens with zero attached hydrogens (tertiary/aromatic N) is 2. The summed E-state index contributed by atoms with van der Waals surface area (Å²) in [5.41, 5.74) is 1.01. The van der Waals surface area contributed by atoms with Gasteiger partial charge in [0.1, 0.15) is 11.5 Å². The number of methoxy groups -OCH3 is 1. The molecule has 2 aliphatic rings. The Labute approximate surface area is 169 Å². The number of rotatable bonds is 6. The molecule has 0 spiro atoms. The zero-order valence-corrected chi connectivity index (χ0v) is 16.5. The molecule has 154 valence electrons. The number of para-hydroxylation sites is 2. The summed E-state index contributed by atoms with van der Waals surface area (Å²) in [5.74, 6) is 2.03. The molecule has 8 heteroatoms. The highest BCUT2D eigenvalue weighted by atomic mass is 16.5. The predicted molar refractivity (Wildman–Crippen MR) is 107 cm³/mol. The third-order valence-corrected chi connectivity index (χ3v) is 5.54. The number of hydrogen-bond acceptors (Lipinski definition) is 5. The van der Waals surface area contributed by atoms with E-state index in [-0.39, 0.29) is 11.9 Å². The molecule has 1 saturated carbocycles. The molecule has 29 heavy (non-hydrogen) atoms. The molecule has 0 unspecified atom stereocenters. The van der Waals surface area contributed by atoms with Gasteiger partial charge in [0.15, 0.2) is 5.69 Å². The lowest BCUT2D eigenvalue weighted by molar-refractivity contribution is 0.0929. The zero-order chi connectivity index (χ0) is 20.2. The summed E-state index contributed by atoms with van der Waals surface area (Å²) in [4.78, 5) is 26.6. The lowest BCUT2D eigenvalue weighted by Gasteiger charge is -2.32. The Bertz CT molecular complexity index is 869. The largest absolute Gasteiger partial charge is 0.495 e. The zero-order valence-electron chi connectivity index (χ0n) is 16.5. The Balaban J connectivity index is 1.21. The van der Waals surface area contributed by atoms with Crippen molar-refractivity contribution in [1.29, 1.82) is 0 Å². The summed E-state index contributed by atoms with van der Waals surface area (Å²) >= 11 is 0. The van der Waals surface area contributed by atoms with Gasteiger partial charge in [0.25, 0.3) is 5.91 Å². The van der Waals surface area contributed by atoms with Crippen LogP contribution in [0.25, 0.3) is 0 Å². The highest BCUT2D eigenvalue weighted by molar-refractivity contribution is 5.92. The van der Waals surface area contributed by atoms with E-state index in [4.69, 9.17) is 9.26 Å².